The Bertz CT molecular complexity index is 431. The van der Waals surface area contributed by atoms with Crippen molar-refractivity contribution in [3.63, 3.8) is 0 Å². The van der Waals surface area contributed by atoms with Gasteiger partial charge in [-0.25, -0.2) is 0 Å². The van der Waals surface area contributed by atoms with Gasteiger partial charge in [0.05, 0.1) is 6.26 Å². The standard InChI is InChI=1S/C12H15NO/c1-8(2)12(13)10-7-14-11-6-4-3-5-9(10)11/h3-8,12H,13H2,1-2H3/t12-/m0/s1. The smallest absolute Gasteiger partial charge is 0.134 e. The molecule has 1 aromatic heterocycles. The molecule has 0 fully saturated rings. The monoisotopic (exact) mass is 189 g/mol. The van der Waals surface area contributed by atoms with Gasteiger partial charge in [0.1, 0.15) is 5.58 Å². The molecule has 0 saturated heterocycles. The van der Waals surface area contributed by atoms with Gasteiger partial charge in [0.25, 0.3) is 0 Å². The minimum atomic E-state index is 0.0543. The predicted octanol–water partition coefficient (Wildman–Crippen LogP) is 3.09. The van der Waals surface area contributed by atoms with E-state index in [-0.39, 0.29) is 6.04 Å². The minimum Gasteiger partial charge on any atom is -0.464 e. The molecule has 14 heavy (non-hydrogen) atoms. The quantitative estimate of drug-likeness (QED) is 0.788. The van der Waals surface area contributed by atoms with Crippen LogP contribution in [0, 0.1) is 5.92 Å². The molecule has 2 aromatic rings. The van der Waals surface area contributed by atoms with E-state index in [2.05, 4.69) is 19.9 Å². The van der Waals surface area contributed by atoms with Crippen molar-refractivity contribution in [2.24, 2.45) is 11.7 Å². The molecule has 74 valence electrons. The Morgan fingerprint density at radius 1 is 1.21 bits per heavy atom. The van der Waals surface area contributed by atoms with Crippen molar-refractivity contribution in [3.8, 4) is 0 Å². The second-order valence-electron chi connectivity index (χ2n) is 3.96. The topological polar surface area (TPSA) is 39.2 Å². The summed E-state index contributed by atoms with van der Waals surface area (Å²) in [5.41, 5.74) is 8.11. The Kier molecular flexibility index (Phi) is 2.30. The molecule has 2 N–H and O–H groups in total. The Labute approximate surface area is 83.7 Å². The largest absolute Gasteiger partial charge is 0.464 e. The Balaban J connectivity index is 2.53. The first kappa shape index (κ1) is 9.28. The van der Waals surface area contributed by atoms with Crippen molar-refractivity contribution in [3.05, 3.63) is 36.1 Å². The van der Waals surface area contributed by atoms with E-state index in [9.17, 15) is 0 Å². The van der Waals surface area contributed by atoms with Crippen LogP contribution in [0.4, 0.5) is 0 Å². The van der Waals surface area contributed by atoms with Crippen LogP contribution in [0.15, 0.2) is 34.9 Å². The Morgan fingerprint density at radius 2 is 1.93 bits per heavy atom. The number of benzene rings is 1. The maximum atomic E-state index is 6.09. The highest BCUT2D eigenvalue weighted by atomic mass is 16.3. The van der Waals surface area contributed by atoms with Gasteiger partial charge in [0, 0.05) is 17.0 Å². The zero-order chi connectivity index (χ0) is 10.1. The average Bonchev–Trinajstić information content (AvgIpc) is 2.60. The van der Waals surface area contributed by atoms with Gasteiger partial charge in [0.2, 0.25) is 0 Å². The molecule has 0 saturated carbocycles. The molecule has 0 spiro atoms. The first-order valence-corrected chi connectivity index (χ1v) is 4.92. The summed E-state index contributed by atoms with van der Waals surface area (Å²) in [6.45, 7) is 4.24. The molecule has 1 aromatic carbocycles. The molecule has 2 rings (SSSR count). The summed E-state index contributed by atoms with van der Waals surface area (Å²) >= 11 is 0. The third-order valence-corrected chi connectivity index (χ3v) is 2.59. The first-order chi connectivity index (χ1) is 6.70. The van der Waals surface area contributed by atoms with E-state index >= 15 is 0 Å². The number of rotatable bonds is 2. The van der Waals surface area contributed by atoms with E-state index in [0.717, 1.165) is 16.5 Å². The molecule has 0 aliphatic heterocycles. The zero-order valence-corrected chi connectivity index (χ0v) is 8.53. The zero-order valence-electron chi connectivity index (χ0n) is 8.53. The highest BCUT2D eigenvalue weighted by Crippen LogP contribution is 2.28. The summed E-state index contributed by atoms with van der Waals surface area (Å²) in [6, 6.07) is 8.05. The van der Waals surface area contributed by atoms with Crippen molar-refractivity contribution in [2.75, 3.05) is 0 Å². The number of nitrogens with two attached hydrogens (primary N) is 1. The van der Waals surface area contributed by atoms with Crippen LogP contribution in [0.25, 0.3) is 11.0 Å². The SMILES string of the molecule is CC(C)[C@H](N)c1coc2ccccc12. The van der Waals surface area contributed by atoms with Crippen molar-refractivity contribution in [1.82, 2.24) is 0 Å². The van der Waals surface area contributed by atoms with Gasteiger partial charge in [0.15, 0.2) is 0 Å². The van der Waals surface area contributed by atoms with Crippen LogP contribution in [0.2, 0.25) is 0 Å². The molecular formula is C12H15NO. The van der Waals surface area contributed by atoms with Crippen LogP contribution in [0.3, 0.4) is 0 Å². The molecule has 1 atom stereocenters. The fraction of sp³-hybridized carbons (Fsp3) is 0.333. The van der Waals surface area contributed by atoms with Crippen LogP contribution in [0.1, 0.15) is 25.5 Å². The number of hydrogen-bond donors (Lipinski definition) is 1. The summed E-state index contributed by atoms with van der Waals surface area (Å²) in [5, 5.41) is 1.13. The lowest BCUT2D eigenvalue weighted by Gasteiger charge is -2.13. The predicted molar refractivity (Wildman–Crippen MR) is 58.0 cm³/mol. The van der Waals surface area contributed by atoms with E-state index in [1.807, 2.05) is 18.2 Å². The molecule has 0 radical (unpaired) electrons. The summed E-state index contributed by atoms with van der Waals surface area (Å²) in [7, 11) is 0. The molecule has 1 heterocycles. The van der Waals surface area contributed by atoms with Gasteiger partial charge in [-0.15, -0.1) is 0 Å². The molecule has 0 unspecified atom stereocenters. The van der Waals surface area contributed by atoms with Crippen LogP contribution in [-0.2, 0) is 0 Å². The highest BCUT2D eigenvalue weighted by Gasteiger charge is 2.15. The van der Waals surface area contributed by atoms with Gasteiger partial charge in [-0.05, 0) is 12.0 Å². The summed E-state index contributed by atoms with van der Waals surface area (Å²) in [4.78, 5) is 0. The van der Waals surface area contributed by atoms with Gasteiger partial charge in [-0.3, -0.25) is 0 Å². The van der Waals surface area contributed by atoms with Gasteiger partial charge >= 0.3 is 0 Å². The second-order valence-corrected chi connectivity index (χ2v) is 3.96. The summed E-state index contributed by atoms with van der Waals surface area (Å²) < 4.78 is 5.44. The van der Waals surface area contributed by atoms with Crippen LogP contribution >= 0.6 is 0 Å². The molecular weight excluding hydrogens is 174 g/mol. The lowest BCUT2D eigenvalue weighted by atomic mass is 9.97. The average molecular weight is 189 g/mol. The van der Waals surface area contributed by atoms with Crippen molar-refractivity contribution in [2.45, 2.75) is 19.9 Å². The maximum Gasteiger partial charge on any atom is 0.134 e. The molecule has 2 nitrogen and oxygen atoms in total. The lowest BCUT2D eigenvalue weighted by molar-refractivity contribution is 0.506. The minimum absolute atomic E-state index is 0.0543. The Hall–Kier alpha value is -1.28. The van der Waals surface area contributed by atoms with E-state index < -0.39 is 0 Å². The normalized spacial score (nSPS) is 13.7. The summed E-state index contributed by atoms with van der Waals surface area (Å²) in [6.07, 6.45) is 1.77. The molecule has 0 bridgehead atoms. The molecule has 0 aliphatic rings. The second kappa shape index (κ2) is 3.46. The van der Waals surface area contributed by atoms with E-state index in [1.165, 1.54) is 0 Å². The number of hydrogen-bond acceptors (Lipinski definition) is 2. The number of furan rings is 1. The molecule has 0 amide bonds. The van der Waals surface area contributed by atoms with Crippen LogP contribution < -0.4 is 5.73 Å². The van der Waals surface area contributed by atoms with E-state index in [4.69, 9.17) is 10.2 Å². The first-order valence-electron chi connectivity index (χ1n) is 4.92. The van der Waals surface area contributed by atoms with Crippen molar-refractivity contribution < 1.29 is 4.42 Å². The third kappa shape index (κ3) is 1.42. The van der Waals surface area contributed by atoms with Gasteiger partial charge in [-0.1, -0.05) is 32.0 Å². The number of fused-ring (bicyclic) bond motifs is 1. The Morgan fingerprint density at radius 3 is 2.64 bits per heavy atom. The molecule has 2 heteroatoms. The van der Waals surface area contributed by atoms with Crippen molar-refractivity contribution in [1.29, 1.82) is 0 Å². The lowest BCUT2D eigenvalue weighted by Crippen LogP contribution is -2.15. The number of para-hydroxylation sites is 1. The molecule has 0 aliphatic carbocycles. The van der Waals surface area contributed by atoms with Crippen molar-refractivity contribution >= 4 is 11.0 Å². The third-order valence-electron chi connectivity index (χ3n) is 2.59. The van der Waals surface area contributed by atoms with Crippen LogP contribution in [-0.4, -0.2) is 0 Å². The fourth-order valence-corrected chi connectivity index (χ4v) is 1.62. The summed E-state index contributed by atoms with van der Waals surface area (Å²) in [5.74, 6) is 0.427. The van der Waals surface area contributed by atoms with Gasteiger partial charge in [-0.2, -0.15) is 0 Å². The highest BCUT2D eigenvalue weighted by molar-refractivity contribution is 5.81. The van der Waals surface area contributed by atoms with Gasteiger partial charge < -0.3 is 10.2 Å². The fourth-order valence-electron chi connectivity index (χ4n) is 1.62. The van der Waals surface area contributed by atoms with E-state index in [1.54, 1.807) is 6.26 Å². The van der Waals surface area contributed by atoms with E-state index in [0.29, 0.717) is 5.92 Å². The van der Waals surface area contributed by atoms with Crippen LogP contribution in [0.5, 0.6) is 0 Å². The maximum absolute atomic E-state index is 6.09.